The Morgan fingerprint density at radius 3 is 1.28 bits per heavy atom. The Hall–Kier alpha value is -0.520. The maximum absolute atomic E-state index is 3.89. The smallest absolute Gasteiger partial charge is 0.0320 e. The van der Waals surface area contributed by atoms with E-state index in [1.807, 2.05) is 27.7 Å². The molecule has 0 unspecified atom stereocenters. The molecule has 0 aromatic heterocycles. The monoisotopic (exact) mass is 354 g/mol. The van der Waals surface area contributed by atoms with Crippen LogP contribution in [0.3, 0.4) is 0 Å². The Morgan fingerprint density at radius 2 is 0.920 bits per heavy atom. The first-order valence-electron chi connectivity index (χ1n) is 11.4. The molecule has 0 fully saturated rings. The van der Waals surface area contributed by atoms with Crippen LogP contribution in [0.2, 0.25) is 0 Å². The summed E-state index contributed by atoms with van der Waals surface area (Å²) in [5, 5.41) is 0. The fourth-order valence-electron chi connectivity index (χ4n) is 2.35. The van der Waals surface area contributed by atoms with Crippen LogP contribution in [0.15, 0.2) is 23.8 Å². The summed E-state index contributed by atoms with van der Waals surface area (Å²) in [5.74, 6) is 0. The van der Waals surface area contributed by atoms with Crippen molar-refractivity contribution < 1.29 is 0 Å². The van der Waals surface area contributed by atoms with Crippen molar-refractivity contribution in [3.05, 3.63) is 23.8 Å². The summed E-state index contributed by atoms with van der Waals surface area (Å²) in [7, 11) is 0. The molecule has 0 N–H and O–H groups in total. The maximum atomic E-state index is 3.89. The minimum atomic E-state index is 1.17. The fraction of sp³-hybridized carbons (Fsp3) is 0.840. The molecule has 0 aliphatic carbocycles. The number of rotatable bonds is 12. The summed E-state index contributed by atoms with van der Waals surface area (Å²) in [4.78, 5) is 0. The molecule has 0 saturated carbocycles. The van der Waals surface area contributed by atoms with E-state index in [1.54, 1.807) is 0 Å². The molecule has 0 heteroatoms. The summed E-state index contributed by atoms with van der Waals surface area (Å²) >= 11 is 0. The lowest BCUT2D eigenvalue weighted by atomic mass is 10.0. The summed E-state index contributed by atoms with van der Waals surface area (Å²) in [5.41, 5.74) is 2.65. The highest BCUT2D eigenvalue weighted by Gasteiger charge is 1.92. The molecular weight excluding hydrogens is 300 g/mol. The van der Waals surface area contributed by atoms with Gasteiger partial charge in [-0.15, -0.1) is 0 Å². The average Bonchev–Trinajstić information content (AvgIpc) is 2.62. The number of hydrogen-bond donors (Lipinski definition) is 0. The second-order valence-corrected chi connectivity index (χ2v) is 6.42. The first-order valence-corrected chi connectivity index (χ1v) is 11.4. The van der Waals surface area contributed by atoms with Crippen molar-refractivity contribution in [2.45, 2.75) is 139 Å². The standard InChI is InChI=1S/C14H26.C7H16.2C2H6/c1-5-6-7-8-9-10-11-14(4)12-13(2)3;1-3-5-7-6-4-2;2*1-2/h12H,2,5-11H2,1,3-4H3;3-7H2,1-2H3;2*1-2H3/b14-12+;;;. The van der Waals surface area contributed by atoms with Crippen LogP contribution in [0.1, 0.15) is 139 Å². The molecule has 0 heterocycles. The van der Waals surface area contributed by atoms with Crippen molar-refractivity contribution in [3.63, 3.8) is 0 Å². The quantitative estimate of drug-likeness (QED) is 0.241. The minimum Gasteiger partial charge on any atom is -0.0961 e. The van der Waals surface area contributed by atoms with Gasteiger partial charge < -0.3 is 0 Å². The SMILES string of the molecule is C=C(C)/C=C(\C)CCCCCCCC.CC.CC.CCCCCCC. The third kappa shape index (κ3) is 45.2. The molecule has 0 bridgehead atoms. The first-order chi connectivity index (χ1) is 12.1. The summed E-state index contributed by atoms with van der Waals surface area (Å²) in [6.07, 6.45) is 18.8. The number of hydrogen-bond acceptors (Lipinski definition) is 0. The lowest BCUT2D eigenvalue weighted by Gasteiger charge is -2.02. The zero-order valence-corrected chi connectivity index (χ0v) is 19.8. The van der Waals surface area contributed by atoms with Gasteiger partial charge in [-0.1, -0.05) is 136 Å². The van der Waals surface area contributed by atoms with Crippen LogP contribution >= 0.6 is 0 Å². The molecule has 0 aliphatic rings. The van der Waals surface area contributed by atoms with Crippen LogP contribution in [0.5, 0.6) is 0 Å². The minimum absolute atomic E-state index is 1.17. The van der Waals surface area contributed by atoms with Crippen LogP contribution in [-0.2, 0) is 0 Å². The van der Waals surface area contributed by atoms with E-state index in [-0.39, 0.29) is 0 Å². The predicted molar refractivity (Wildman–Crippen MR) is 124 cm³/mol. The molecule has 0 spiro atoms. The van der Waals surface area contributed by atoms with Crippen molar-refractivity contribution in [3.8, 4) is 0 Å². The highest BCUT2D eigenvalue weighted by atomic mass is 14.0. The fourth-order valence-corrected chi connectivity index (χ4v) is 2.35. The number of unbranched alkanes of at least 4 members (excludes halogenated alkanes) is 9. The molecule has 0 aromatic carbocycles. The van der Waals surface area contributed by atoms with Gasteiger partial charge >= 0.3 is 0 Å². The van der Waals surface area contributed by atoms with Gasteiger partial charge in [0.15, 0.2) is 0 Å². The van der Waals surface area contributed by atoms with Crippen LogP contribution in [0.4, 0.5) is 0 Å². The highest BCUT2D eigenvalue weighted by Crippen LogP contribution is 2.12. The van der Waals surface area contributed by atoms with Crippen LogP contribution < -0.4 is 0 Å². The van der Waals surface area contributed by atoms with Crippen molar-refractivity contribution in [1.29, 1.82) is 0 Å². The lowest BCUT2D eigenvalue weighted by Crippen LogP contribution is -1.82. The zero-order valence-electron chi connectivity index (χ0n) is 19.8. The van der Waals surface area contributed by atoms with Crippen molar-refractivity contribution in [2.75, 3.05) is 0 Å². The van der Waals surface area contributed by atoms with E-state index in [2.05, 4.69) is 47.3 Å². The Morgan fingerprint density at radius 1 is 0.600 bits per heavy atom. The molecule has 0 amide bonds. The van der Waals surface area contributed by atoms with E-state index in [0.29, 0.717) is 0 Å². The Balaban J connectivity index is -0.000000168. The van der Waals surface area contributed by atoms with Crippen LogP contribution in [-0.4, -0.2) is 0 Å². The second kappa shape index (κ2) is 34.7. The predicted octanol–water partition coefficient (Wildman–Crippen LogP) is 10.3. The zero-order chi connectivity index (χ0) is 20.3. The molecule has 0 aliphatic heterocycles. The van der Waals surface area contributed by atoms with Gasteiger partial charge in [0.1, 0.15) is 0 Å². The molecule has 0 aromatic rings. The van der Waals surface area contributed by atoms with Gasteiger partial charge in [0.25, 0.3) is 0 Å². The van der Waals surface area contributed by atoms with Gasteiger partial charge in [-0.05, 0) is 26.7 Å². The van der Waals surface area contributed by atoms with E-state index in [9.17, 15) is 0 Å². The molecule has 0 rings (SSSR count). The van der Waals surface area contributed by atoms with Gasteiger partial charge in [-0.2, -0.15) is 0 Å². The van der Waals surface area contributed by atoms with Gasteiger partial charge in [0.2, 0.25) is 0 Å². The molecule has 25 heavy (non-hydrogen) atoms. The Kier molecular flexibility index (Phi) is 44.7. The molecule has 0 saturated heterocycles. The largest absolute Gasteiger partial charge is 0.0961 e. The topological polar surface area (TPSA) is 0 Å². The van der Waals surface area contributed by atoms with Gasteiger partial charge in [0, 0.05) is 0 Å². The summed E-state index contributed by atoms with van der Waals surface area (Å²) < 4.78 is 0. The van der Waals surface area contributed by atoms with Crippen LogP contribution in [0.25, 0.3) is 0 Å². The van der Waals surface area contributed by atoms with Crippen molar-refractivity contribution >= 4 is 0 Å². The lowest BCUT2D eigenvalue weighted by molar-refractivity contribution is 0.606. The van der Waals surface area contributed by atoms with Crippen LogP contribution in [0, 0.1) is 0 Å². The number of allylic oxidation sites excluding steroid dienone is 3. The molecule has 0 radical (unpaired) electrons. The van der Waals surface area contributed by atoms with E-state index >= 15 is 0 Å². The van der Waals surface area contributed by atoms with E-state index < -0.39 is 0 Å². The molecule has 0 nitrogen and oxygen atoms in total. The normalized spacial score (nSPS) is 9.72. The Labute approximate surface area is 163 Å². The molecule has 0 atom stereocenters. The molecule has 154 valence electrons. The highest BCUT2D eigenvalue weighted by molar-refractivity contribution is 5.16. The second-order valence-electron chi connectivity index (χ2n) is 6.42. The van der Waals surface area contributed by atoms with E-state index in [0.717, 1.165) is 0 Å². The van der Waals surface area contributed by atoms with E-state index in [1.165, 1.54) is 88.2 Å². The Bertz CT molecular complexity index is 230. The average molecular weight is 355 g/mol. The van der Waals surface area contributed by atoms with Crippen molar-refractivity contribution in [1.82, 2.24) is 0 Å². The summed E-state index contributed by atoms with van der Waals surface area (Å²) in [6, 6.07) is 0. The van der Waals surface area contributed by atoms with Crippen molar-refractivity contribution in [2.24, 2.45) is 0 Å². The third-order valence-electron chi connectivity index (χ3n) is 3.62. The first kappa shape index (κ1) is 32.2. The maximum Gasteiger partial charge on any atom is -0.0320 e. The van der Waals surface area contributed by atoms with Gasteiger partial charge in [0.05, 0.1) is 0 Å². The molecular formula is C25H54. The summed E-state index contributed by atoms with van der Waals surface area (Å²) in [6.45, 7) is 22.9. The third-order valence-corrected chi connectivity index (χ3v) is 3.62. The van der Waals surface area contributed by atoms with E-state index in [4.69, 9.17) is 0 Å². The van der Waals surface area contributed by atoms with Gasteiger partial charge in [-0.3, -0.25) is 0 Å². The van der Waals surface area contributed by atoms with Gasteiger partial charge in [-0.25, -0.2) is 0 Å².